The molecule has 2 fully saturated rings. The van der Waals surface area contributed by atoms with Crippen LogP contribution in [0.25, 0.3) is 11.0 Å². The third kappa shape index (κ3) is 6.28. The van der Waals surface area contributed by atoms with Crippen LogP contribution in [-0.4, -0.2) is 67.4 Å². The summed E-state index contributed by atoms with van der Waals surface area (Å²) in [5, 5.41) is 9.47. The first-order valence-electron chi connectivity index (χ1n) is 13.5. The fourth-order valence-electron chi connectivity index (χ4n) is 5.07. The van der Waals surface area contributed by atoms with E-state index in [0.29, 0.717) is 24.8 Å². The van der Waals surface area contributed by atoms with Gasteiger partial charge in [0.2, 0.25) is 5.88 Å². The van der Waals surface area contributed by atoms with Crippen molar-refractivity contribution in [2.45, 2.75) is 51.2 Å². The van der Waals surface area contributed by atoms with Crippen LogP contribution in [0.3, 0.4) is 0 Å². The number of imidazole rings is 1. The van der Waals surface area contributed by atoms with Crippen LogP contribution in [0.2, 0.25) is 0 Å². The van der Waals surface area contributed by atoms with Crippen molar-refractivity contribution in [2.75, 3.05) is 19.7 Å². The largest absolute Gasteiger partial charge is 0.483 e. The van der Waals surface area contributed by atoms with E-state index >= 15 is 0 Å². The predicted molar refractivity (Wildman–Crippen MR) is 143 cm³/mol. The Morgan fingerprint density at radius 3 is 2.63 bits per heavy atom. The second kappa shape index (κ2) is 11.8. The van der Waals surface area contributed by atoms with Gasteiger partial charge in [-0.25, -0.2) is 23.5 Å². The molecule has 2 aliphatic heterocycles. The van der Waals surface area contributed by atoms with Gasteiger partial charge in [-0.05, 0) is 49.6 Å². The second-order valence-electron chi connectivity index (χ2n) is 10.2. The fraction of sp³-hybridized carbons (Fsp3) is 0.379. The van der Waals surface area contributed by atoms with Crippen molar-refractivity contribution in [3.63, 3.8) is 0 Å². The molecule has 0 amide bonds. The smallest absolute Gasteiger partial charge is 0.335 e. The van der Waals surface area contributed by atoms with Crippen LogP contribution in [0.1, 0.15) is 41.3 Å². The van der Waals surface area contributed by atoms with Crippen LogP contribution in [0, 0.1) is 11.6 Å². The van der Waals surface area contributed by atoms with Crippen molar-refractivity contribution in [3.05, 3.63) is 77.5 Å². The quantitative estimate of drug-likeness (QED) is 0.302. The summed E-state index contributed by atoms with van der Waals surface area (Å²) in [5.74, 6) is -0.893. The third-order valence-corrected chi connectivity index (χ3v) is 7.37. The Morgan fingerprint density at radius 1 is 1.07 bits per heavy atom. The highest BCUT2D eigenvalue weighted by Gasteiger charge is 2.26. The standard InChI is InChI=1S/C29H29F2N5O5/c30-19-2-4-25(22(31)14-19)40-17-26-32-9-5-28(34-26)41-20-6-10-35(11-7-20)16-27-33-23-3-1-18(29(37)38)13-24(23)36(27)15-21-8-12-39-21/h1-5,9,13-14,20-21H,6-8,10-12,15-17H2,(H,37,38)/t21-/m0/s1. The highest BCUT2D eigenvalue weighted by Crippen LogP contribution is 2.25. The summed E-state index contributed by atoms with van der Waals surface area (Å²) in [6.45, 7) is 3.51. The van der Waals surface area contributed by atoms with E-state index < -0.39 is 17.6 Å². The number of nitrogens with zero attached hydrogens (tertiary/aromatic N) is 5. The highest BCUT2D eigenvalue weighted by atomic mass is 19.1. The number of aromatic nitrogens is 4. The Morgan fingerprint density at radius 2 is 1.90 bits per heavy atom. The van der Waals surface area contributed by atoms with Gasteiger partial charge < -0.3 is 23.9 Å². The fourth-order valence-corrected chi connectivity index (χ4v) is 5.07. The van der Waals surface area contributed by atoms with Crippen molar-refractivity contribution in [1.29, 1.82) is 0 Å². The molecule has 2 aromatic heterocycles. The van der Waals surface area contributed by atoms with Gasteiger partial charge in [0.05, 0.1) is 35.8 Å². The molecule has 2 aliphatic rings. The predicted octanol–water partition coefficient (Wildman–Crippen LogP) is 4.21. The number of carboxylic acid groups (broad SMARTS) is 1. The summed E-state index contributed by atoms with van der Waals surface area (Å²) in [5.41, 5.74) is 1.81. The molecule has 4 aromatic rings. The zero-order valence-electron chi connectivity index (χ0n) is 22.2. The Balaban J connectivity index is 1.06. The zero-order chi connectivity index (χ0) is 28.3. The van der Waals surface area contributed by atoms with Crippen LogP contribution in [-0.2, 0) is 24.4 Å². The van der Waals surface area contributed by atoms with Crippen LogP contribution < -0.4 is 9.47 Å². The van der Waals surface area contributed by atoms with Gasteiger partial charge in [-0.1, -0.05) is 0 Å². The number of aromatic carboxylic acids is 1. The number of halogens is 2. The second-order valence-corrected chi connectivity index (χ2v) is 10.2. The number of hydrogen-bond donors (Lipinski definition) is 1. The molecule has 41 heavy (non-hydrogen) atoms. The van der Waals surface area contributed by atoms with Gasteiger partial charge in [-0.2, -0.15) is 4.98 Å². The molecule has 1 N–H and O–H groups in total. The monoisotopic (exact) mass is 565 g/mol. The van der Waals surface area contributed by atoms with E-state index in [1.54, 1.807) is 30.5 Å². The Bertz CT molecular complexity index is 1550. The first kappa shape index (κ1) is 27.0. The van der Waals surface area contributed by atoms with E-state index in [-0.39, 0.29) is 30.1 Å². The lowest BCUT2D eigenvalue weighted by atomic mass is 10.1. The molecule has 12 heteroatoms. The molecule has 214 valence electrons. The van der Waals surface area contributed by atoms with Gasteiger partial charge in [0.15, 0.2) is 17.4 Å². The van der Waals surface area contributed by atoms with Crippen LogP contribution >= 0.6 is 0 Å². The van der Waals surface area contributed by atoms with E-state index in [1.165, 1.54) is 6.07 Å². The minimum atomic E-state index is -0.965. The molecular formula is C29H29F2N5O5. The number of benzene rings is 2. The molecule has 10 nitrogen and oxygen atoms in total. The van der Waals surface area contributed by atoms with Gasteiger partial charge in [0, 0.05) is 38.0 Å². The Hall–Kier alpha value is -4.16. The first-order chi connectivity index (χ1) is 19.9. The van der Waals surface area contributed by atoms with Gasteiger partial charge in [-0.15, -0.1) is 0 Å². The molecule has 0 aliphatic carbocycles. The molecule has 0 saturated carbocycles. The normalized spacial score (nSPS) is 17.9. The molecule has 2 aromatic carbocycles. The summed E-state index contributed by atoms with van der Waals surface area (Å²) >= 11 is 0. The maximum absolute atomic E-state index is 13.8. The molecule has 0 radical (unpaired) electrons. The maximum atomic E-state index is 13.8. The summed E-state index contributed by atoms with van der Waals surface area (Å²) in [4.78, 5) is 27.2. The summed E-state index contributed by atoms with van der Waals surface area (Å²) in [7, 11) is 0. The molecule has 0 spiro atoms. The van der Waals surface area contributed by atoms with E-state index in [9.17, 15) is 18.7 Å². The van der Waals surface area contributed by atoms with E-state index in [1.807, 2.05) is 0 Å². The SMILES string of the molecule is O=C(O)c1ccc2nc(CN3CCC(Oc4ccnc(COc5ccc(F)cc5F)n4)CC3)n(C[C@@H]3CCO3)c2c1. The average molecular weight is 566 g/mol. The summed E-state index contributed by atoms with van der Waals surface area (Å²) in [6.07, 6.45) is 4.17. The molecule has 2 saturated heterocycles. The Kier molecular flexibility index (Phi) is 7.75. The number of rotatable bonds is 10. The van der Waals surface area contributed by atoms with E-state index in [0.717, 1.165) is 67.9 Å². The number of likely N-dealkylation sites (tertiary alicyclic amines) is 1. The molecule has 6 rings (SSSR count). The lowest BCUT2D eigenvalue weighted by molar-refractivity contribution is -0.0592. The molecule has 4 heterocycles. The third-order valence-electron chi connectivity index (χ3n) is 7.37. The summed E-state index contributed by atoms with van der Waals surface area (Å²) < 4.78 is 46.2. The highest BCUT2D eigenvalue weighted by molar-refractivity contribution is 5.92. The maximum Gasteiger partial charge on any atom is 0.335 e. The molecule has 1 atom stereocenters. The van der Waals surface area contributed by atoms with Crippen LogP contribution in [0.15, 0.2) is 48.7 Å². The van der Waals surface area contributed by atoms with Crippen molar-refractivity contribution in [2.24, 2.45) is 0 Å². The minimum Gasteiger partial charge on any atom is -0.483 e. The Labute approximate surface area is 234 Å². The van der Waals surface area contributed by atoms with E-state index in [2.05, 4.69) is 19.4 Å². The van der Waals surface area contributed by atoms with Crippen molar-refractivity contribution in [1.82, 2.24) is 24.4 Å². The van der Waals surface area contributed by atoms with Gasteiger partial charge >= 0.3 is 5.97 Å². The van der Waals surface area contributed by atoms with Gasteiger partial charge in [0.25, 0.3) is 0 Å². The van der Waals surface area contributed by atoms with Crippen molar-refractivity contribution >= 4 is 17.0 Å². The first-order valence-corrected chi connectivity index (χ1v) is 13.5. The lowest BCUT2D eigenvalue weighted by Gasteiger charge is -2.32. The van der Waals surface area contributed by atoms with Gasteiger partial charge in [-0.3, -0.25) is 4.90 Å². The van der Waals surface area contributed by atoms with Crippen LogP contribution in [0.5, 0.6) is 11.6 Å². The van der Waals surface area contributed by atoms with Crippen molar-refractivity contribution < 1.29 is 32.9 Å². The summed E-state index contributed by atoms with van der Waals surface area (Å²) in [6, 6.07) is 9.81. The zero-order valence-corrected chi connectivity index (χ0v) is 22.2. The number of hydrogen-bond acceptors (Lipinski definition) is 8. The molecular weight excluding hydrogens is 536 g/mol. The number of ether oxygens (including phenoxy) is 3. The number of piperidine rings is 1. The number of fused-ring (bicyclic) bond motifs is 1. The molecule has 0 bridgehead atoms. The average Bonchev–Trinajstić information content (AvgIpc) is 3.27. The van der Waals surface area contributed by atoms with E-state index in [4.69, 9.17) is 19.2 Å². The number of carbonyl (C=O) groups is 1. The minimum absolute atomic E-state index is 0.0372. The van der Waals surface area contributed by atoms with Crippen LogP contribution in [0.4, 0.5) is 8.78 Å². The number of carboxylic acids is 1. The van der Waals surface area contributed by atoms with Gasteiger partial charge in [0.1, 0.15) is 24.4 Å². The molecule has 0 unspecified atom stereocenters. The lowest BCUT2D eigenvalue weighted by Crippen LogP contribution is -2.39. The van der Waals surface area contributed by atoms with Crippen molar-refractivity contribution in [3.8, 4) is 11.6 Å². The topological polar surface area (TPSA) is 112 Å².